The fraction of sp³-hybridized carbons (Fsp3) is 0.600. The molecule has 2 amide bonds. The lowest BCUT2D eigenvalue weighted by molar-refractivity contribution is -0.122. The lowest BCUT2D eigenvalue weighted by Crippen LogP contribution is -2.52. The molecule has 0 atom stereocenters. The molecule has 0 aliphatic heterocycles. The maximum Gasteiger partial charge on any atom is 0.251 e. The maximum absolute atomic E-state index is 12.5. The number of hydrogen-bond acceptors (Lipinski definition) is 3. The van der Waals surface area contributed by atoms with E-state index in [9.17, 15) is 9.59 Å². The minimum absolute atomic E-state index is 0.0349. The Hall–Kier alpha value is -1.88. The Bertz CT molecular complexity index is 600. The number of nitrogens with one attached hydrogen (secondary N) is 2. The Balaban J connectivity index is 1.56. The van der Waals surface area contributed by atoms with Crippen molar-refractivity contribution in [3.63, 3.8) is 0 Å². The predicted octanol–water partition coefficient (Wildman–Crippen LogP) is 3.35. The van der Waals surface area contributed by atoms with Crippen molar-refractivity contribution in [2.45, 2.75) is 75.8 Å². The lowest BCUT2D eigenvalue weighted by atomic mass is 9.82. The highest BCUT2D eigenvalue weighted by Gasteiger charge is 2.35. The third kappa shape index (κ3) is 4.60. The molecule has 3 rings (SSSR count). The van der Waals surface area contributed by atoms with Gasteiger partial charge in [0.1, 0.15) is 0 Å². The Kier molecular flexibility index (Phi) is 5.74. The van der Waals surface area contributed by atoms with Gasteiger partial charge in [-0.05, 0) is 49.9 Å². The second-order valence-electron chi connectivity index (χ2n) is 7.56. The summed E-state index contributed by atoms with van der Waals surface area (Å²) < 4.78 is 0. The quantitative estimate of drug-likeness (QED) is 0.784. The van der Waals surface area contributed by atoms with Gasteiger partial charge in [0, 0.05) is 17.3 Å². The number of amides is 2. The smallest absolute Gasteiger partial charge is 0.251 e. The van der Waals surface area contributed by atoms with Crippen LogP contribution in [0, 0.1) is 0 Å². The summed E-state index contributed by atoms with van der Waals surface area (Å²) >= 11 is 0. The summed E-state index contributed by atoms with van der Waals surface area (Å²) in [6.07, 6.45) is 10.4. The first-order valence-electron chi connectivity index (χ1n) is 9.58. The van der Waals surface area contributed by atoms with E-state index in [0.29, 0.717) is 17.3 Å². The molecule has 4 N–H and O–H groups in total. The van der Waals surface area contributed by atoms with Crippen LogP contribution in [0.4, 0.5) is 5.69 Å². The normalized spacial score (nSPS) is 20.7. The third-order valence-corrected chi connectivity index (χ3v) is 5.54. The fourth-order valence-electron chi connectivity index (χ4n) is 3.89. The van der Waals surface area contributed by atoms with Crippen LogP contribution < -0.4 is 16.4 Å². The van der Waals surface area contributed by atoms with Crippen LogP contribution in [0.2, 0.25) is 0 Å². The van der Waals surface area contributed by atoms with Crippen molar-refractivity contribution in [3.05, 3.63) is 29.8 Å². The van der Waals surface area contributed by atoms with Crippen molar-refractivity contribution in [3.8, 4) is 0 Å². The predicted molar refractivity (Wildman–Crippen MR) is 99.4 cm³/mol. The summed E-state index contributed by atoms with van der Waals surface area (Å²) in [6, 6.07) is 7.37. The van der Waals surface area contributed by atoms with Crippen LogP contribution in [0.15, 0.2) is 24.3 Å². The number of rotatable bonds is 4. The SMILES string of the molecule is NC1(C(=O)Nc2ccc(C(=O)NC3CCCCC3)cc2)CCCCC1. The van der Waals surface area contributed by atoms with Gasteiger partial charge in [0.15, 0.2) is 0 Å². The Morgan fingerprint density at radius 1 is 0.920 bits per heavy atom. The van der Waals surface area contributed by atoms with Gasteiger partial charge in [-0.3, -0.25) is 9.59 Å². The van der Waals surface area contributed by atoms with Gasteiger partial charge >= 0.3 is 0 Å². The average molecular weight is 343 g/mol. The highest BCUT2D eigenvalue weighted by Crippen LogP contribution is 2.27. The van der Waals surface area contributed by atoms with Gasteiger partial charge in [-0.1, -0.05) is 38.5 Å². The van der Waals surface area contributed by atoms with E-state index in [-0.39, 0.29) is 11.8 Å². The molecule has 2 aliphatic carbocycles. The molecule has 0 spiro atoms. The zero-order valence-electron chi connectivity index (χ0n) is 14.9. The second-order valence-corrected chi connectivity index (χ2v) is 7.56. The molecule has 0 bridgehead atoms. The van der Waals surface area contributed by atoms with Gasteiger partial charge in [-0.25, -0.2) is 0 Å². The van der Waals surface area contributed by atoms with Gasteiger partial charge < -0.3 is 16.4 Å². The molecule has 25 heavy (non-hydrogen) atoms. The maximum atomic E-state index is 12.5. The van der Waals surface area contributed by atoms with Crippen LogP contribution in [0.3, 0.4) is 0 Å². The summed E-state index contributed by atoms with van der Waals surface area (Å²) in [4.78, 5) is 24.8. The first-order chi connectivity index (χ1) is 12.1. The largest absolute Gasteiger partial charge is 0.349 e. The number of hydrogen-bond donors (Lipinski definition) is 3. The van der Waals surface area contributed by atoms with E-state index in [1.165, 1.54) is 19.3 Å². The first-order valence-corrected chi connectivity index (χ1v) is 9.58. The topological polar surface area (TPSA) is 84.2 Å². The molecule has 0 radical (unpaired) electrons. The minimum Gasteiger partial charge on any atom is -0.349 e. The van der Waals surface area contributed by atoms with Gasteiger partial charge in [-0.2, -0.15) is 0 Å². The molecule has 1 aromatic carbocycles. The van der Waals surface area contributed by atoms with Crippen LogP contribution in [-0.2, 0) is 4.79 Å². The number of carbonyl (C=O) groups excluding carboxylic acids is 2. The van der Waals surface area contributed by atoms with E-state index in [1.54, 1.807) is 24.3 Å². The van der Waals surface area contributed by atoms with Crippen LogP contribution in [0.5, 0.6) is 0 Å². The van der Waals surface area contributed by atoms with Crippen molar-refractivity contribution in [1.82, 2.24) is 5.32 Å². The standard InChI is InChI=1S/C20H29N3O2/c21-20(13-5-2-6-14-20)19(25)23-17-11-9-15(10-12-17)18(24)22-16-7-3-1-4-8-16/h9-12,16H,1-8,13-14,21H2,(H,22,24)(H,23,25). The van der Waals surface area contributed by atoms with Crippen molar-refractivity contribution in [1.29, 1.82) is 0 Å². The van der Waals surface area contributed by atoms with Gasteiger partial charge in [0.05, 0.1) is 5.54 Å². The summed E-state index contributed by atoms with van der Waals surface area (Å²) in [5.74, 6) is -0.154. The van der Waals surface area contributed by atoms with Crippen LogP contribution >= 0.6 is 0 Å². The zero-order chi connectivity index (χ0) is 17.7. The van der Waals surface area contributed by atoms with E-state index in [0.717, 1.165) is 44.9 Å². The highest BCUT2D eigenvalue weighted by atomic mass is 16.2. The summed E-state index contributed by atoms with van der Waals surface area (Å²) in [7, 11) is 0. The Morgan fingerprint density at radius 3 is 2.16 bits per heavy atom. The third-order valence-electron chi connectivity index (χ3n) is 5.54. The first kappa shape index (κ1) is 17.9. The van der Waals surface area contributed by atoms with Gasteiger partial charge in [0.2, 0.25) is 5.91 Å². The molecule has 0 unspecified atom stereocenters. The zero-order valence-corrected chi connectivity index (χ0v) is 14.9. The molecule has 5 nitrogen and oxygen atoms in total. The fourth-order valence-corrected chi connectivity index (χ4v) is 3.89. The Morgan fingerprint density at radius 2 is 1.52 bits per heavy atom. The van der Waals surface area contributed by atoms with Crippen molar-refractivity contribution in [2.75, 3.05) is 5.32 Å². The van der Waals surface area contributed by atoms with Gasteiger partial charge in [-0.15, -0.1) is 0 Å². The molecule has 136 valence electrons. The van der Waals surface area contributed by atoms with E-state index >= 15 is 0 Å². The van der Waals surface area contributed by atoms with E-state index in [1.807, 2.05) is 0 Å². The van der Waals surface area contributed by atoms with E-state index in [4.69, 9.17) is 5.73 Å². The van der Waals surface area contributed by atoms with E-state index in [2.05, 4.69) is 10.6 Å². The molecular formula is C20H29N3O2. The molecule has 2 fully saturated rings. The van der Waals surface area contributed by atoms with Crippen molar-refractivity contribution >= 4 is 17.5 Å². The van der Waals surface area contributed by atoms with Crippen molar-refractivity contribution in [2.24, 2.45) is 5.73 Å². The molecule has 5 heteroatoms. The number of carbonyl (C=O) groups is 2. The summed E-state index contributed by atoms with van der Waals surface area (Å²) in [6.45, 7) is 0. The van der Waals surface area contributed by atoms with Gasteiger partial charge in [0.25, 0.3) is 5.91 Å². The molecule has 0 saturated heterocycles. The van der Waals surface area contributed by atoms with Crippen LogP contribution in [-0.4, -0.2) is 23.4 Å². The highest BCUT2D eigenvalue weighted by molar-refractivity contribution is 5.99. The monoisotopic (exact) mass is 343 g/mol. The second kappa shape index (κ2) is 8.00. The summed E-state index contributed by atoms with van der Waals surface area (Å²) in [5, 5.41) is 6.01. The average Bonchev–Trinajstić information content (AvgIpc) is 2.64. The molecular weight excluding hydrogens is 314 g/mol. The Labute approximate surface area is 149 Å². The molecule has 2 aliphatic rings. The lowest BCUT2D eigenvalue weighted by Gasteiger charge is -2.31. The number of nitrogens with two attached hydrogens (primary N) is 1. The van der Waals surface area contributed by atoms with Crippen molar-refractivity contribution < 1.29 is 9.59 Å². The molecule has 1 aromatic rings. The van der Waals surface area contributed by atoms with E-state index < -0.39 is 5.54 Å². The molecule has 0 heterocycles. The van der Waals surface area contributed by atoms with Crippen LogP contribution in [0.25, 0.3) is 0 Å². The molecule has 2 saturated carbocycles. The van der Waals surface area contributed by atoms with Crippen LogP contribution in [0.1, 0.15) is 74.6 Å². The summed E-state index contributed by atoms with van der Waals surface area (Å²) in [5.41, 5.74) is 6.82. The number of anilines is 1. The number of benzene rings is 1. The minimum atomic E-state index is -0.755. The molecule has 0 aromatic heterocycles.